The predicted molar refractivity (Wildman–Crippen MR) is 32.3 cm³/mol. The topological polar surface area (TPSA) is 0 Å². The van der Waals surface area contributed by atoms with E-state index in [4.69, 9.17) is 0 Å². The molecule has 0 aromatic heterocycles. The van der Waals surface area contributed by atoms with Crippen molar-refractivity contribution in [1.29, 1.82) is 0 Å². The van der Waals surface area contributed by atoms with Gasteiger partial charge < -0.3 is 0 Å². The Balaban J connectivity index is 0. The maximum atomic E-state index is 2.22. The van der Waals surface area contributed by atoms with Crippen molar-refractivity contribution in [3.05, 3.63) is 0 Å². The summed E-state index contributed by atoms with van der Waals surface area (Å²) in [6.07, 6.45) is 1.31. The molecular weight excluding hydrogens is 99.2 g/mol. The first-order chi connectivity index (χ1) is 2.27. The first-order valence-electron chi connectivity index (χ1n) is 2.27. The van der Waals surface area contributed by atoms with Crippen LogP contribution in [0.15, 0.2) is 0 Å². The molecular formula is C5H13K. The van der Waals surface area contributed by atoms with E-state index in [-0.39, 0.29) is 51.4 Å². The molecule has 0 spiro atoms. The SMILES string of the molecule is CCC(C)C.[KH]. The Morgan fingerprint density at radius 1 is 1.33 bits per heavy atom. The average Bonchev–Trinajstić information content (AvgIpc) is 1.38. The zero-order valence-electron chi connectivity index (χ0n) is 4.28. The van der Waals surface area contributed by atoms with E-state index in [2.05, 4.69) is 20.8 Å². The summed E-state index contributed by atoms with van der Waals surface area (Å²) >= 11 is 0. The summed E-state index contributed by atoms with van der Waals surface area (Å²) in [5.41, 5.74) is 0. The molecule has 0 heterocycles. The van der Waals surface area contributed by atoms with Gasteiger partial charge in [-0.25, -0.2) is 0 Å². The molecule has 0 radical (unpaired) electrons. The van der Waals surface area contributed by atoms with Gasteiger partial charge in [-0.15, -0.1) is 0 Å². The van der Waals surface area contributed by atoms with Gasteiger partial charge in [-0.05, 0) is 5.92 Å². The monoisotopic (exact) mass is 112 g/mol. The standard InChI is InChI=1S/C5H12.K.H/c1-4-5(2)3;;/h5H,4H2,1-3H3;;. The van der Waals surface area contributed by atoms with Crippen molar-refractivity contribution in [3.8, 4) is 0 Å². The van der Waals surface area contributed by atoms with Crippen LogP contribution < -0.4 is 0 Å². The van der Waals surface area contributed by atoms with Crippen molar-refractivity contribution in [2.45, 2.75) is 27.2 Å². The van der Waals surface area contributed by atoms with Crippen LogP contribution in [-0.2, 0) is 0 Å². The molecule has 0 aromatic rings. The Kier molecular flexibility index (Phi) is 11.7. The molecule has 34 valence electrons. The van der Waals surface area contributed by atoms with Crippen molar-refractivity contribution < 1.29 is 0 Å². The van der Waals surface area contributed by atoms with Crippen LogP contribution in [0, 0.1) is 5.92 Å². The van der Waals surface area contributed by atoms with E-state index < -0.39 is 0 Å². The van der Waals surface area contributed by atoms with Gasteiger partial charge in [0, 0.05) is 0 Å². The fraction of sp³-hybridized carbons (Fsp3) is 1.00. The van der Waals surface area contributed by atoms with Crippen molar-refractivity contribution in [1.82, 2.24) is 0 Å². The zero-order chi connectivity index (χ0) is 4.28. The van der Waals surface area contributed by atoms with E-state index in [9.17, 15) is 0 Å². The quantitative estimate of drug-likeness (QED) is 0.450. The summed E-state index contributed by atoms with van der Waals surface area (Å²) in [4.78, 5) is 0. The van der Waals surface area contributed by atoms with Gasteiger partial charge in [-0.1, -0.05) is 27.2 Å². The predicted octanol–water partition coefficient (Wildman–Crippen LogP) is 1.40. The maximum absolute atomic E-state index is 2.22. The molecule has 0 nitrogen and oxygen atoms in total. The minimum absolute atomic E-state index is 0. The summed E-state index contributed by atoms with van der Waals surface area (Å²) in [5.74, 6) is 0.884. The third-order valence-electron chi connectivity index (χ3n) is 0.816. The molecule has 0 aliphatic rings. The van der Waals surface area contributed by atoms with Gasteiger partial charge >= 0.3 is 51.4 Å². The fourth-order valence-corrected chi connectivity index (χ4v) is 0. The van der Waals surface area contributed by atoms with E-state index in [0.717, 1.165) is 5.92 Å². The third-order valence-corrected chi connectivity index (χ3v) is 0.816. The van der Waals surface area contributed by atoms with Crippen LogP contribution >= 0.6 is 0 Å². The summed E-state index contributed by atoms with van der Waals surface area (Å²) < 4.78 is 0. The van der Waals surface area contributed by atoms with Crippen molar-refractivity contribution in [2.75, 3.05) is 0 Å². The van der Waals surface area contributed by atoms with Gasteiger partial charge in [0.15, 0.2) is 0 Å². The van der Waals surface area contributed by atoms with E-state index in [1.165, 1.54) is 6.42 Å². The second-order valence-electron chi connectivity index (χ2n) is 1.80. The summed E-state index contributed by atoms with van der Waals surface area (Å²) in [5, 5.41) is 0. The van der Waals surface area contributed by atoms with Crippen LogP contribution in [0.2, 0.25) is 0 Å². The van der Waals surface area contributed by atoms with E-state index in [1.54, 1.807) is 0 Å². The van der Waals surface area contributed by atoms with Gasteiger partial charge in [0.05, 0.1) is 0 Å². The molecule has 0 unspecified atom stereocenters. The molecule has 0 rings (SSSR count). The Morgan fingerprint density at radius 2 is 1.50 bits per heavy atom. The van der Waals surface area contributed by atoms with Gasteiger partial charge in [0.1, 0.15) is 0 Å². The van der Waals surface area contributed by atoms with Gasteiger partial charge in [-0.2, -0.15) is 0 Å². The second-order valence-corrected chi connectivity index (χ2v) is 1.80. The van der Waals surface area contributed by atoms with Crippen LogP contribution in [0.3, 0.4) is 0 Å². The molecule has 0 saturated heterocycles. The Morgan fingerprint density at radius 3 is 1.50 bits per heavy atom. The Labute approximate surface area is 83.1 Å². The number of hydrogen-bond acceptors (Lipinski definition) is 0. The van der Waals surface area contributed by atoms with Crippen LogP contribution in [0.4, 0.5) is 0 Å². The first kappa shape index (κ1) is 10.6. The van der Waals surface area contributed by atoms with Crippen molar-refractivity contribution >= 4 is 51.4 Å². The molecule has 0 atom stereocenters. The van der Waals surface area contributed by atoms with Crippen LogP contribution in [-0.4, -0.2) is 51.4 Å². The van der Waals surface area contributed by atoms with E-state index >= 15 is 0 Å². The third kappa shape index (κ3) is 9.16. The molecule has 0 bridgehead atoms. The Bertz CT molecular complexity index is 17.9. The van der Waals surface area contributed by atoms with E-state index in [1.807, 2.05) is 0 Å². The zero-order valence-corrected chi connectivity index (χ0v) is 4.28. The van der Waals surface area contributed by atoms with Crippen molar-refractivity contribution in [3.63, 3.8) is 0 Å². The number of hydrogen-bond donors (Lipinski definition) is 0. The van der Waals surface area contributed by atoms with Gasteiger partial charge in [-0.3, -0.25) is 0 Å². The normalized spacial score (nSPS) is 8.00. The minimum atomic E-state index is 0. The number of rotatable bonds is 1. The van der Waals surface area contributed by atoms with Crippen molar-refractivity contribution in [2.24, 2.45) is 5.92 Å². The molecule has 0 aromatic carbocycles. The molecule has 0 aliphatic heterocycles. The Hall–Kier alpha value is 1.64. The first-order valence-corrected chi connectivity index (χ1v) is 2.27. The molecule has 0 aliphatic carbocycles. The molecule has 0 fully saturated rings. The average molecular weight is 112 g/mol. The van der Waals surface area contributed by atoms with Crippen LogP contribution in [0.5, 0.6) is 0 Å². The molecule has 1 heteroatoms. The van der Waals surface area contributed by atoms with Gasteiger partial charge in [0.25, 0.3) is 0 Å². The molecule has 0 N–H and O–H groups in total. The molecule has 6 heavy (non-hydrogen) atoms. The van der Waals surface area contributed by atoms with Crippen LogP contribution in [0.25, 0.3) is 0 Å². The van der Waals surface area contributed by atoms with Gasteiger partial charge in [0.2, 0.25) is 0 Å². The van der Waals surface area contributed by atoms with Crippen LogP contribution in [0.1, 0.15) is 27.2 Å². The molecule has 0 amide bonds. The second kappa shape index (κ2) is 6.64. The van der Waals surface area contributed by atoms with E-state index in [0.29, 0.717) is 0 Å². The summed E-state index contributed by atoms with van der Waals surface area (Å²) in [6.45, 7) is 6.64. The molecule has 0 saturated carbocycles. The summed E-state index contributed by atoms with van der Waals surface area (Å²) in [7, 11) is 0. The summed E-state index contributed by atoms with van der Waals surface area (Å²) in [6, 6.07) is 0. The fourth-order valence-electron chi connectivity index (χ4n) is 0.